The summed E-state index contributed by atoms with van der Waals surface area (Å²) in [5.74, 6) is 0.545. The molecule has 146 valence electrons. The summed E-state index contributed by atoms with van der Waals surface area (Å²) in [6.07, 6.45) is 2.84. The van der Waals surface area contributed by atoms with Crippen molar-refractivity contribution in [2.75, 3.05) is 19.6 Å². The summed E-state index contributed by atoms with van der Waals surface area (Å²) >= 11 is 3.24. The van der Waals surface area contributed by atoms with Gasteiger partial charge in [0.15, 0.2) is 0 Å². The molecule has 3 heterocycles. The van der Waals surface area contributed by atoms with Crippen molar-refractivity contribution >= 4 is 34.5 Å². The fourth-order valence-corrected chi connectivity index (χ4v) is 5.03. The van der Waals surface area contributed by atoms with E-state index < -0.39 is 0 Å². The largest absolute Gasteiger partial charge is 0.355 e. The van der Waals surface area contributed by atoms with Crippen molar-refractivity contribution in [3.63, 3.8) is 0 Å². The van der Waals surface area contributed by atoms with Gasteiger partial charge in [0.25, 0.3) is 5.91 Å². The Balaban J connectivity index is 1.56. The van der Waals surface area contributed by atoms with Crippen molar-refractivity contribution < 1.29 is 9.59 Å². The van der Waals surface area contributed by atoms with Crippen LogP contribution in [-0.2, 0) is 11.2 Å². The summed E-state index contributed by atoms with van der Waals surface area (Å²) in [5, 5.41) is 6.13. The zero-order valence-corrected chi connectivity index (χ0v) is 17.8. The molecule has 1 saturated heterocycles. The van der Waals surface area contributed by atoms with E-state index in [1.54, 1.807) is 22.7 Å². The number of likely N-dealkylation sites (tertiary alicyclic amines) is 1. The summed E-state index contributed by atoms with van der Waals surface area (Å²) in [6, 6.07) is 3.93. The van der Waals surface area contributed by atoms with E-state index in [-0.39, 0.29) is 17.7 Å². The molecule has 0 saturated carbocycles. The Morgan fingerprint density at radius 2 is 2.19 bits per heavy atom. The van der Waals surface area contributed by atoms with Gasteiger partial charge in [0.1, 0.15) is 0 Å². The summed E-state index contributed by atoms with van der Waals surface area (Å²) < 4.78 is 0. The number of rotatable bonds is 6. The number of piperidine rings is 1. The van der Waals surface area contributed by atoms with E-state index in [0.717, 1.165) is 47.9 Å². The number of hydrogen-bond donors (Lipinski definition) is 1. The Bertz CT molecular complexity index is 797. The number of hydrogen-bond acceptors (Lipinski definition) is 5. The van der Waals surface area contributed by atoms with E-state index in [1.165, 1.54) is 4.88 Å². The first-order chi connectivity index (χ1) is 12.9. The first kappa shape index (κ1) is 20.0. The summed E-state index contributed by atoms with van der Waals surface area (Å²) in [7, 11) is 0. The van der Waals surface area contributed by atoms with Gasteiger partial charge in [-0.1, -0.05) is 13.8 Å². The number of nitrogens with one attached hydrogen (secondary N) is 1. The highest BCUT2D eigenvalue weighted by atomic mass is 32.1. The molecule has 0 aromatic carbocycles. The monoisotopic (exact) mass is 405 g/mol. The lowest BCUT2D eigenvalue weighted by molar-refractivity contribution is -0.123. The van der Waals surface area contributed by atoms with Crippen LogP contribution in [0.3, 0.4) is 0 Å². The molecule has 1 atom stereocenters. The highest BCUT2D eigenvalue weighted by Crippen LogP contribution is 2.30. The van der Waals surface area contributed by atoms with Crippen LogP contribution in [0.25, 0.3) is 0 Å². The Hall–Kier alpha value is -1.73. The van der Waals surface area contributed by atoms with Crippen LogP contribution in [0.15, 0.2) is 17.5 Å². The van der Waals surface area contributed by atoms with Gasteiger partial charge in [-0.15, -0.1) is 22.7 Å². The lowest BCUT2D eigenvalue weighted by atomic mass is 9.98. The van der Waals surface area contributed by atoms with E-state index in [0.29, 0.717) is 12.5 Å². The quantitative estimate of drug-likeness (QED) is 0.794. The van der Waals surface area contributed by atoms with Crippen LogP contribution in [0.5, 0.6) is 0 Å². The van der Waals surface area contributed by atoms with Gasteiger partial charge in [-0.25, -0.2) is 4.98 Å². The maximum absolute atomic E-state index is 12.7. The maximum Gasteiger partial charge on any atom is 0.263 e. The van der Waals surface area contributed by atoms with Crippen LogP contribution in [0.2, 0.25) is 0 Å². The molecular weight excluding hydrogens is 378 g/mol. The minimum absolute atomic E-state index is 0.00823. The fourth-order valence-electron chi connectivity index (χ4n) is 3.21. The van der Waals surface area contributed by atoms with Gasteiger partial charge in [0.05, 0.1) is 15.6 Å². The van der Waals surface area contributed by atoms with E-state index >= 15 is 0 Å². The highest BCUT2D eigenvalue weighted by molar-refractivity contribution is 7.13. The molecule has 0 radical (unpaired) electrons. The van der Waals surface area contributed by atoms with Crippen LogP contribution in [0, 0.1) is 12.8 Å². The van der Waals surface area contributed by atoms with Crippen LogP contribution < -0.4 is 5.32 Å². The molecule has 1 aliphatic rings. The smallest absolute Gasteiger partial charge is 0.263 e. The SMILES string of the molecule is Cc1ccc(C(=O)N2CCC[C@@H](c3nc(CCNC(=O)C(C)C)cs3)C2)s1. The molecule has 0 aliphatic carbocycles. The second kappa shape index (κ2) is 8.97. The number of carbonyl (C=O) groups excluding carboxylic acids is 2. The molecule has 0 bridgehead atoms. The third-order valence-corrected chi connectivity index (χ3v) is 6.83. The minimum atomic E-state index is 0.00823. The summed E-state index contributed by atoms with van der Waals surface area (Å²) in [5.41, 5.74) is 1.02. The van der Waals surface area contributed by atoms with Crippen molar-refractivity contribution in [1.82, 2.24) is 15.2 Å². The molecule has 1 fully saturated rings. The van der Waals surface area contributed by atoms with Gasteiger partial charge in [0, 0.05) is 48.1 Å². The Morgan fingerprint density at radius 3 is 2.89 bits per heavy atom. The number of thiazole rings is 1. The third-order valence-electron chi connectivity index (χ3n) is 4.78. The Labute approximate surface area is 168 Å². The highest BCUT2D eigenvalue weighted by Gasteiger charge is 2.27. The van der Waals surface area contributed by atoms with Crippen LogP contribution in [0.1, 0.15) is 57.9 Å². The zero-order valence-electron chi connectivity index (χ0n) is 16.2. The minimum Gasteiger partial charge on any atom is -0.355 e. The molecular formula is C20H27N3O2S2. The van der Waals surface area contributed by atoms with E-state index in [4.69, 9.17) is 4.98 Å². The van der Waals surface area contributed by atoms with Crippen molar-refractivity contribution in [1.29, 1.82) is 0 Å². The number of aryl methyl sites for hydroxylation is 1. The lowest BCUT2D eigenvalue weighted by Crippen LogP contribution is -2.38. The number of nitrogens with zero attached hydrogens (tertiary/aromatic N) is 2. The van der Waals surface area contributed by atoms with Gasteiger partial charge in [-0.05, 0) is 31.9 Å². The molecule has 1 aliphatic heterocycles. The zero-order chi connectivity index (χ0) is 19.4. The van der Waals surface area contributed by atoms with E-state index in [9.17, 15) is 9.59 Å². The molecule has 2 aromatic rings. The van der Waals surface area contributed by atoms with Gasteiger partial charge in [-0.3, -0.25) is 9.59 Å². The normalized spacial score (nSPS) is 17.3. The molecule has 0 unspecified atom stereocenters. The number of aromatic nitrogens is 1. The number of carbonyl (C=O) groups is 2. The van der Waals surface area contributed by atoms with Gasteiger partial charge < -0.3 is 10.2 Å². The van der Waals surface area contributed by atoms with Crippen LogP contribution >= 0.6 is 22.7 Å². The number of amides is 2. The topological polar surface area (TPSA) is 62.3 Å². The van der Waals surface area contributed by atoms with E-state index in [2.05, 4.69) is 10.7 Å². The van der Waals surface area contributed by atoms with Crippen molar-refractivity contribution in [2.24, 2.45) is 5.92 Å². The first-order valence-electron chi connectivity index (χ1n) is 9.51. The average molecular weight is 406 g/mol. The Kier molecular flexibility index (Phi) is 6.65. The molecule has 3 rings (SSSR count). The standard InChI is InChI=1S/C20H27N3O2S2/c1-13(2)18(24)21-9-8-16-12-26-19(22-16)15-5-4-10-23(11-15)20(25)17-7-6-14(3)27-17/h6-7,12-13,15H,4-5,8-11H2,1-3H3,(H,21,24)/t15-/m1/s1. The van der Waals surface area contributed by atoms with Crippen molar-refractivity contribution in [3.05, 3.63) is 38.0 Å². The molecule has 2 amide bonds. The first-order valence-corrected chi connectivity index (χ1v) is 11.2. The summed E-state index contributed by atoms with van der Waals surface area (Å²) in [4.78, 5) is 33.1. The molecule has 1 N–H and O–H groups in total. The maximum atomic E-state index is 12.7. The molecule has 0 spiro atoms. The molecule has 2 aromatic heterocycles. The van der Waals surface area contributed by atoms with Crippen LogP contribution in [0.4, 0.5) is 0 Å². The van der Waals surface area contributed by atoms with Gasteiger partial charge in [-0.2, -0.15) is 0 Å². The second-order valence-corrected chi connectivity index (χ2v) is 9.55. The average Bonchev–Trinajstić information content (AvgIpc) is 3.30. The predicted octanol–water partition coefficient (Wildman–Crippen LogP) is 3.85. The fraction of sp³-hybridized carbons (Fsp3) is 0.550. The van der Waals surface area contributed by atoms with E-state index in [1.807, 2.05) is 37.8 Å². The second-order valence-electron chi connectivity index (χ2n) is 7.37. The van der Waals surface area contributed by atoms with Crippen molar-refractivity contribution in [3.8, 4) is 0 Å². The lowest BCUT2D eigenvalue weighted by Gasteiger charge is -2.31. The molecule has 7 heteroatoms. The predicted molar refractivity (Wildman–Crippen MR) is 111 cm³/mol. The van der Waals surface area contributed by atoms with Gasteiger partial charge in [0.2, 0.25) is 5.91 Å². The molecule has 5 nitrogen and oxygen atoms in total. The number of thiophene rings is 1. The van der Waals surface area contributed by atoms with Crippen molar-refractivity contribution in [2.45, 2.75) is 46.0 Å². The van der Waals surface area contributed by atoms with Gasteiger partial charge >= 0.3 is 0 Å². The summed E-state index contributed by atoms with van der Waals surface area (Å²) in [6.45, 7) is 8.00. The Morgan fingerprint density at radius 1 is 1.37 bits per heavy atom. The van der Waals surface area contributed by atoms with Crippen LogP contribution in [-0.4, -0.2) is 41.3 Å². The molecule has 27 heavy (non-hydrogen) atoms. The third kappa shape index (κ3) is 5.17.